The van der Waals surface area contributed by atoms with E-state index in [-0.39, 0.29) is 10.3 Å². The highest BCUT2D eigenvalue weighted by molar-refractivity contribution is 7.90. The maximum absolute atomic E-state index is 12.4. The molecule has 0 heterocycles. The summed E-state index contributed by atoms with van der Waals surface area (Å²) in [6.07, 6.45) is 4.50. The van der Waals surface area contributed by atoms with Crippen molar-refractivity contribution in [3.8, 4) is 0 Å². The standard InChI is InChI=1S/C19H19ClN2O3S/c20-17-10-9-15-16(17)11-12-5-4-8-14(12)18(15)21-19(23)22-26(24,25)13-6-2-1-3-7-13/h1-3,6-7,11,17H,4-5,8-10H2,(H2,21,22,23). The molecule has 7 heteroatoms. The quantitative estimate of drug-likeness (QED) is 0.780. The summed E-state index contributed by atoms with van der Waals surface area (Å²) >= 11 is 6.42. The second kappa shape index (κ2) is 6.59. The van der Waals surface area contributed by atoms with Gasteiger partial charge in [-0.25, -0.2) is 17.9 Å². The number of halogens is 1. The van der Waals surface area contributed by atoms with Crippen LogP contribution in [0.5, 0.6) is 0 Å². The number of sulfonamides is 1. The number of rotatable bonds is 3. The molecule has 2 aliphatic carbocycles. The number of anilines is 1. The van der Waals surface area contributed by atoms with Crippen molar-refractivity contribution in [3.63, 3.8) is 0 Å². The average Bonchev–Trinajstić information content (AvgIpc) is 3.22. The van der Waals surface area contributed by atoms with Crippen LogP contribution in [0.15, 0.2) is 41.3 Å². The molecule has 26 heavy (non-hydrogen) atoms. The fourth-order valence-corrected chi connectivity index (χ4v) is 5.09. The first-order valence-corrected chi connectivity index (χ1v) is 10.6. The van der Waals surface area contributed by atoms with E-state index in [9.17, 15) is 13.2 Å². The molecule has 0 saturated heterocycles. The zero-order chi connectivity index (χ0) is 18.3. The Balaban J connectivity index is 1.62. The van der Waals surface area contributed by atoms with Crippen LogP contribution >= 0.6 is 11.6 Å². The summed E-state index contributed by atoms with van der Waals surface area (Å²) in [5.74, 6) is 0. The van der Waals surface area contributed by atoms with Gasteiger partial charge in [0.25, 0.3) is 10.0 Å². The number of urea groups is 1. The predicted molar refractivity (Wildman–Crippen MR) is 101 cm³/mol. The molecular formula is C19H19ClN2O3S. The Morgan fingerprint density at radius 2 is 1.85 bits per heavy atom. The van der Waals surface area contributed by atoms with Gasteiger partial charge in [-0.3, -0.25) is 0 Å². The third kappa shape index (κ3) is 3.08. The van der Waals surface area contributed by atoms with Gasteiger partial charge < -0.3 is 5.32 Å². The Labute approximate surface area is 157 Å². The lowest BCUT2D eigenvalue weighted by Gasteiger charge is -2.17. The zero-order valence-corrected chi connectivity index (χ0v) is 15.7. The van der Waals surface area contributed by atoms with Gasteiger partial charge in [0, 0.05) is 5.69 Å². The molecule has 0 aliphatic heterocycles. The number of carbonyl (C=O) groups is 1. The highest BCUT2D eigenvalue weighted by Gasteiger charge is 2.29. The van der Waals surface area contributed by atoms with Gasteiger partial charge in [0.1, 0.15) is 0 Å². The van der Waals surface area contributed by atoms with Crippen molar-refractivity contribution >= 4 is 33.3 Å². The van der Waals surface area contributed by atoms with Crippen LogP contribution in [0.2, 0.25) is 0 Å². The molecule has 2 aliphatic rings. The van der Waals surface area contributed by atoms with E-state index in [0.717, 1.165) is 54.5 Å². The molecule has 2 aromatic rings. The van der Waals surface area contributed by atoms with Crippen LogP contribution in [0.4, 0.5) is 10.5 Å². The summed E-state index contributed by atoms with van der Waals surface area (Å²) in [5, 5.41) is 2.75. The van der Waals surface area contributed by atoms with Gasteiger partial charge in [0.15, 0.2) is 0 Å². The summed E-state index contributed by atoms with van der Waals surface area (Å²) in [6.45, 7) is 0. The van der Waals surface area contributed by atoms with Crippen molar-refractivity contribution < 1.29 is 13.2 Å². The number of hydrogen-bond donors (Lipinski definition) is 2. The van der Waals surface area contributed by atoms with Crippen LogP contribution in [0.25, 0.3) is 0 Å². The Kier molecular flexibility index (Phi) is 4.40. The third-order valence-corrected chi connectivity index (χ3v) is 6.85. The Hall–Kier alpha value is -2.05. The number of hydrogen-bond acceptors (Lipinski definition) is 3. The lowest BCUT2D eigenvalue weighted by Crippen LogP contribution is -2.35. The number of alkyl halides is 1. The number of nitrogens with one attached hydrogen (secondary N) is 2. The van der Waals surface area contributed by atoms with Crippen LogP contribution in [-0.4, -0.2) is 14.4 Å². The van der Waals surface area contributed by atoms with Crippen LogP contribution in [0.3, 0.4) is 0 Å². The van der Waals surface area contributed by atoms with E-state index < -0.39 is 16.1 Å². The number of benzene rings is 2. The molecule has 2 aromatic carbocycles. The lowest BCUT2D eigenvalue weighted by atomic mass is 9.99. The van der Waals surface area contributed by atoms with E-state index in [4.69, 9.17) is 11.6 Å². The zero-order valence-electron chi connectivity index (χ0n) is 14.1. The van der Waals surface area contributed by atoms with Crippen molar-refractivity contribution in [3.05, 3.63) is 58.7 Å². The van der Waals surface area contributed by atoms with Crippen LogP contribution in [0, 0.1) is 0 Å². The van der Waals surface area contributed by atoms with Gasteiger partial charge in [-0.2, -0.15) is 0 Å². The Morgan fingerprint density at radius 1 is 1.08 bits per heavy atom. The maximum atomic E-state index is 12.4. The molecule has 1 atom stereocenters. The first-order valence-electron chi connectivity index (χ1n) is 8.66. The predicted octanol–water partition coefficient (Wildman–Crippen LogP) is 3.91. The van der Waals surface area contributed by atoms with E-state index in [1.807, 2.05) is 0 Å². The molecule has 0 bridgehead atoms. The molecule has 0 radical (unpaired) electrons. The molecule has 136 valence electrons. The van der Waals surface area contributed by atoms with Crippen molar-refractivity contribution in [2.24, 2.45) is 0 Å². The molecule has 0 fully saturated rings. The third-order valence-electron chi connectivity index (χ3n) is 5.05. The lowest BCUT2D eigenvalue weighted by molar-refractivity contribution is 0.256. The van der Waals surface area contributed by atoms with E-state index >= 15 is 0 Å². The average molecular weight is 391 g/mol. The van der Waals surface area contributed by atoms with Gasteiger partial charge in [-0.05, 0) is 66.5 Å². The topological polar surface area (TPSA) is 75.3 Å². The molecule has 0 spiro atoms. The van der Waals surface area contributed by atoms with Crippen LogP contribution in [0.1, 0.15) is 40.5 Å². The summed E-state index contributed by atoms with van der Waals surface area (Å²) in [5.41, 5.74) is 5.17. The molecule has 2 N–H and O–H groups in total. The van der Waals surface area contributed by atoms with Crippen molar-refractivity contribution in [2.45, 2.75) is 42.4 Å². The number of amides is 2. The smallest absolute Gasteiger partial charge is 0.307 e. The molecular weight excluding hydrogens is 372 g/mol. The van der Waals surface area contributed by atoms with Gasteiger partial charge in [-0.1, -0.05) is 24.3 Å². The second-order valence-electron chi connectivity index (χ2n) is 6.69. The van der Waals surface area contributed by atoms with E-state index in [2.05, 4.69) is 16.1 Å². The molecule has 5 nitrogen and oxygen atoms in total. The fourth-order valence-electron chi connectivity index (χ4n) is 3.86. The Bertz CT molecular complexity index is 974. The minimum Gasteiger partial charge on any atom is -0.307 e. The van der Waals surface area contributed by atoms with E-state index in [1.54, 1.807) is 18.2 Å². The molecule has 0 saturated carbocycles. The van der Waals surface area contributed by atoms with Crippen molar-refractivity contribution in [1.29, 1.82) is 0 Å². The van der Waals surface area contributed by atoms with Crippen molar-refractivity contribution in [2.75, 3.05) is 5.32 Å². The van der Waals surface area contributed by atoms with Crippen molar-refractivity contribution in [1.82, 2.24) is 4.72 Å². The van der Waals surface area contributed by atoms with Gasteiger partial charge >= 0.3 is 6.03 Å². The summed E-state index contributed by atoms with van der Waals surface area (Å²) in [7, 11) is -3.91. The largest absolute Gasteiger partial charge is 0.333 e. The van der Waals surface area contributed by atoms with Crippen LogP contribution < -0.4 is 10.0 Å². The SMILES string of the molecule is O=C(Nc1c2c(cc3c1CCC3Cl)CCC2)NS(=O)(=O)c1ccccc1. The summed E-state index contributed by atoms with van der Waals surface area (Å²) in [6, 6.07) is 9.27. The van der Waals surface area contributed by atoms with Crippen LogP contribution in [-0.2, 0) is 29.3 Å². The molecule has 4 rings (SSSR count). The maximum Gasteiger partial charge on any atom is 0.333 e. The fraction of sp³-hybridized carbons (Fsp3) is 0.316. The molecule has 1 unspecified atom stereocenters. The molecule has 0 aromatic heterocycles. The second-order valence-corrected chi connectivity index (χ2v) is 8.90. The number of carbonyl (C=O) groups excluding carboxylic acids is 1. The van der Waals surface area contributed by atoms with Gasteiger partial charge in [0.2, 0.25) is 0 Å². The summed E-state index contributed by atoms with van der Waals surface area (Å²) in [4.78, 5) is 12.5. The van der Waals surface area contributed by atoms with Gasteiger partial charge in [-0.15, -0.1) is 11.6 Å². The minimum atomic E-state index is -3.91. The first kappa shape index (κ1) is 17.4. The highest BCUT2D eigenvalue weighted by Crippen LogP contribution is 2.44. The van der Waals surface area contributed by atoms with E-state index in [1.165, 1.54) is 17.7 Å². The Morgan fingerprint density at radius 3 is 2.62 bits per heavy atom. The highest BCUT2D eigenvalue weighted by atomic mass is 35.5. The minimum absolute atomic E-state index is 0.0486. The summed E-state index contributed by atoms with van der Waals surface area (Å²) < 4.78 is 26.8. The molecule has 2 amide bonds. The van der Waals surface area contributed by atoms with E-state index in [0.29, 0.717) is 0 Å². The normalized spacial score (nSPS) is 18.3. The number of fused-ring (bicyclic) bond motifs is 2. The monoisotopic (exact) mass is 390 g/mol. The van der Waals surface area contributed by atoms with Gasteiger partial charge in [0.05, 0.1) is 10.3 Å². The number of aryl methyl sites for hydroxylation is 1. The first-order chi connectivity index (χ1) is 12.5.